The summed E-state index contributed by atoms with van der Waals surface area (Å²) in [7, 11) is 0. The summed E-state index contributed by atoms with van der Waals surface area (Å²) < 4.78 is 0. The van der Waals surface area contributed by atoms with Gasteiger partial charge in [-0.25, -0.2) is 0 Å². The van der Waals surface area contributed by atoms with E-state index in [4.69, 9.17) is 15.9 Å². The van der Waals surface area contributed by atoms with Crippen LogP contribution in [0.25, 0.3) is 0 Å². The lowest BCUT2D eigenvalue weighted by atomic mass is 9.73. The number of rotatable bonds is 4. The molecule has 0 spiro atoms. The van der Waals surface area contributed by atoms with Crippen LogP contribution in [-0.4, -0.2) is 32.7 Å². The summed E-state index contributed by atoms with van der Waals surface area (Å²) in [6, 6.07) is 0. The monoisotopic (exact) mass is 191 g/mol. The summed E-state index contributed by atoms with van der Waals surface area (Å²) >= 11 is 0. The molecule has 0 radical (unpaired) electrons. The first-order chi connectivity index (χ1) is 5.61. The predicted molar refractivity (Wildman–Crippen MR) is 50.9 cm³/mol. The zero-order valence-electron chi connectivity index (χ0n) is 8.78. The number of hydrogen-bond donors (Lipinski definition) is 4. The second-order valence-corrected chi connectivity index (χ2v) is 4.49. The van der Waals surface area contributed by atoms with E-state index in [1.54, 1.807) is 27.7 Å². The van der Waals surface area contributed by atoms with Crippen LogP contribution in [0.4, 0.5) is 0 Å². The van der Waals surface area contributed by atoms with E-state index in [0.29, 0.717) is 0 Å². The molecule has 4 heteroatoms. The lowest BCUT2D eigenvalue weighted by Crippen LogP contribution is -2.60. The van der Waals surface area contributed by atoms with Gasteiger partial charge in [-0.2, -0.15) is 0 Å². The molecular weight excluding hydrogens is 170 g/mol. The Hall–Kier alpha value is -0.160. The van der Waals surface area contributed by atoms with E-state index in [2.05, 4.69) is 0 Å². The SMILES string of the molecule is CC(C)C(O)(CC(O)O)C(C)(C)N. The Labute approximate surface area is 79.4 Å². The van der Waals surface area contributed by atoms with Crippen molar-refractivity contribution in [3.05, 3.63) is 0 Å². The topological polar surface area (TPSA) is 86.7 Å². The number of nitrogens with two attached hydrogens (primary N) is 1. The highest BCUT2D eigenvalue weighted by molar-refractivity contribution is 4.99. The van der Waals surface area contributed by atoms with Gasteiger partial charge in [0.1, 0.15) is 0 Å². The molecule has 0 saturated heterocycles. The highest BCUT2D eigenvalue weighted by Crippen LogP contribution is 2.31. The maximum atomic E-state index is 10.2. The summed E-state index contributed by atoms with van der Waals surface area (Å²) in [6.07, 6.45) is -1.66. The fourth-order valence-corrected chi connectivity index (χ4v) is 1.52. The van der Waals surface area contributed by atoms with Crippen LogP contribution in [0.3, 0.4) is 0 Å². The van der Waals surface area contributed by atoms with Crippen LogP contribution in [0.1, 0.15) is 34.1 Å². The van der Waals surface area contributed by atoms with Crippen LogP contribution in [-0.2, 0) is 0 Å². The number of aliphatic hydroxyl groups excluding tert-OH is 1. The molecule has 0 aliphatic heterocycles. The second kappa shape index (κ2) is 3.92. The summed E-state index contributed by atoms with van der Waals surface area (Å²) in [4.78, 5) is 0. The Kier molecular flexibility index (Phi) is 3.87. The minimum atomic E-state index is -1.53. The minimum absolute atomic E-state index is 0.130. The first-order valence-electron chi connectivity index (χ1n) is 4.48. The van der Waals surface area contributed by atoms with E-state index in [0.717, 1.165) is 0 Å². The van der Waals surface area contributed by atoms with E-state index < -0.39 is 17.4 Å². The highest BCUT2D eigenvalue weighted by Gasteiger charge is 2.44. The molecular formula is C9H21NO3. The number of hydrogen-bond acceptors (Lipinski definition) is 4. The minimum Gasteiger partial charge on any atom is -0.388 e. The Balaban J connectivity index is 4.74. The predicted octanol–water partition coefficient (Wildman–Crippen LogP) is -0.188. The van der Waals surface area contributed by atoms with Gasteiger partial charge in [0.15, 0.2) is 6.29 Å². The van der Waals surface area contributed by atoms with E-state index in [1.165, 1.54) is 0 Å². The van der Waals surface area contributed by atoms with Crippen molar-refractivity contribution in [3.8, 4) is 0 Å². The Bertz CT molecular complexity index is 163. The van der Waals surface area contributed by atoms with Gasteiger partial charge in [-0.3, -0.25) is 0 Å². The Morgan fingerprint density at radius 1 is 1.23 bits per heavy atom. The molecule has 0 heterocycles. The van der Waals surface area contributed by atoms with Crippen molar-refractivity contribution in [2.75, 3.05) is 0 Å². The molecule has 13 heavy (non-hydrogen) atoms. The molecule has 0 amide bonds. The third-order valence-electron chi connectivity index (χ3n) is 2.56. The Morgan fingerprint density at radius 2 is 1.62 bits per heavy atom. The van der Waals surface area contributed by atoms with Gasteiger partial charge < -0.3 is 21.1 Å². The molecule has 80 valence electrons. The van der Waals surface area contributed by atoms with Crippen LogP contribution >= 0.6 is 0 Å². The van der Waals surface area contributed by atoms with Crippen LogP contribution in [0.15, 0.2) is 0 Å². The van der Waals surface area contributed by atoms with Crippen molar-refractivity contribution in [3.63, 3.8) is 0 Å². The van der Waals surface area contributed by atoms with E-state index in [9.17, 15) is 5.11 Å². The fourth-order valence-electron chi connectivity index (χ4n) is 1.52. The first-order valence-corrected chi connectivity index (χ1v) is 4.48. The highest BCUT2D eigenvalue weighted by atomic mass is 16.5. The molecule has 0 fully saturated rings. The molecule has 0 aromatic heterocycles. The molecule has 0 saturated carbocycles. The van der Waals surface area contributed by atoms with Gasteiger partial charge in [-0.05, 0) is 19.8 Å². The van der Waals surface area contributed by atoms with Crippen molar-refractivity contribution >= 4 is 0 Å². The largest absolute Gasteiger partial charge is 0.388 e. The zero-order valence-corrected chi connectivity index (χ0v) is 8.78. The first kappa shape index (κ1) is 12.8. The molecule has 0 bridgehead atoms. The van der Waals surface area contributed by atoms with Crippen LogP contribution < -0.4 is 5.73 Å². The third kappa shape index (κ3) is 2.91. The average Bonchev–Trinajstić information content (AvgIpc) is 1.82. The fraction of sp³-hybridized carbons (Fsp3) is 1.00. The van der Waals surface area contributed by atoms with E-state index in [-0.39, 0.29) is 12.3 Å². The normalized spacial score (nSPS) is 18.0. The lowest BCUT2D eigenvalue weighted by molar-refractivity contribution is -0.143. The summed E-state index contributed by atoms with van der Waals surface area (Å²) in [5.41, 5.74) is 3.67. The van der Waals surface area contributed by atoms with Gasteiger partial charge in [-0.1, -0.05) is 13.8 Å². The van der Waals surface area contributed by atoms with Gasteiger partial charge in [-0.15, -0.1) is 0 Å². The molecule has 4 nitrogen and oxygen atoms in total. The third-order valence-corrected chi connectivity index (χ3v) is 2.56. The van der Waals surface area contributed by atoms with E-state index in [1.807, 2.05) is 0 Å². The van der Waals surface area contributed by atoms with Crippen LogP contribution in [0.2, 0.25) is 0 Å². The lowest BCUT2D eigenvalue weighted by Gasteiger charge is -2.43. The maximum Gasteiger partial charge on any atom is 0.154 e. The molecule has 0 aromatic carbocycles. The van der Waals surface area contributed by atoms with Gasteiger partial charge in [0.05, 0.1) is 5.60 Å². The van der Waals surface area contributed by atoms with E-state index >= 15 is 0 Å². The van der Waals surface area contributed by atoms with Crippen molar-refractivity contribution in [1.82, 2.24) is 0 Å². The molecule has 0 aliphatic carbocycles. The molecule has 0 aliphatic rings. The zero-order chi connectivity index (χ0) is 10.9. The summed E-state index contributed by atoms with van der Waals surface area (Å²) in [5.74, 6) is -0.130. The van der Waals surface area contributed by atoms with Crippen molar-refractivity contribution in [2.45, 2.75) is 51.5 Å². The molecule has 0 rings (SSSR count). The second-order valence-electron chi connectivity index (χ2n) is 4.49. The molecule has 1 unspecified atom stereocenters. The standard InChI is InChI=1S/C9H21NO3/c1-6(2)9(13,5-7(11)12)8(3,4)10/h6-7,11-13H,5,10H2,1-4H3. The number of aliphatic hydroxyl groups is 3. The van der Waals surface area contributed by atoms with Gasteiger partial charge >= 0.3 is 0 Å². The van der Waals surface area contributed by atoms with Gasteiger partial charge in [0.25, 0.3) is 0 Å². The summed E-state index contributed by atoms with van der Waals surface area (Å²) in [6.45, 7) is 6.96. The van der Waals surface area contributed by atoms with Crippen LogP contribution in [0, 0.1) is 5.92 Å². The Morgan fingerprint density at radius 3 is 1.69 bits per heavy atom. The van der Waals surface area contributed by atoms with Crippen molar-refractivity contribution in [1.29, 1.82) is 0 Å². The van der Waals surface area contributed by atoms with Gasteiger partial charge in [0.2, 0.25) is 0 Å². The smallest absolute Gasteiger partial charge is 0.154 e. The maximum absolute atomic E-state index is 10.2. The average molecular weight is 191 g/mol. The van der Waals surface area contributed by atoms with Crippen molar-refractivity contribution < 1.29 is 15.3 Å². The summed E-state index contributed by atoms with van der Waals surface area (Å²) in [5, 5.41) is 27.8. The molecule has 0 aromatic rings. The van der Waals surface area contributed by atoms with Gasteiger partial charge in [0, 0.05) is 12.0 Å². The molecule has 1 atom stereocenters. The quantitative estimate of drug-likeness (QED) is 0.464. The van der Waals surface area contributed by atoms with Crippen LogP contribution in [0.5, 0.6) is 0 Å². The van der Waals surface area contributed by atoms with Crippen molar-refractivity contribution in [2.24, 2.45) is 11.7 Å². The molecule has 5 N–H and O–H groups in total.